The fourth-order valence-corrected chi connectivity index (χ4v) is 4.28. The molecule has 0 saturated heterocycles. The van der Waals surface area contributed by atoms with Gasteiger partial charge in [0.1, 0.15) is 6.54 Å². The highest BCUT2D eigenvalue weighted by molar-refractivity contribution is 7.92. The number of hydrogen-bond donors (Lipinski definition) is 0. The van der Waals surface area contributed by atoms with Crippen LogP contribution in [0.4, 0.5) is 5.69 Å². The van der Waals surface area contributed by atoms with Gasteiger partial charge in [-0.25, -0.2) is 8.42 Å². The highest BCUT2D eigenvalue weighted by atomic mass is 32.2. The summed E-state index contributed by atoms with van der Waals surface area (Å²) in [5.41, 5.74) is 2.50. The Kier molecular flexibility index (Phi) is 5.91. The molecule has 0 aromatic heterocycles. The molecule has 0 atom stereocenters. The average molecular weight is 353 g/mol. The van der Waals surface area contributed by atoms with Gasteiger partial charge < -0.3 is 4.90 Å². The van der Waals surface area contributed by atoms with E-state index in [9.17, 15) is 13.2 Å². The summed E-state index contributed by atoms with van der Waals surface area (Å²) in [6.07, 6.45) is 6.65. The number of carbonyl (C=O) groups is 1. The quantitative estimate of drug-likeness (QED) is 0.819. The molecule has 1 aliphatic carbocycles. The van der Waals surface area contributed by atoms with Gasteiger partial charge in [0.15, 0.2) is 0 Å². The van der Waals surface area contributed by atoms with E-state index in [1.54, 1.807) is 18.0 Å². The molecule has 0 N–H and O–H groups in total. The minimum atomic E-state index is -3.53. The summed E-state index contributed by atoms with van der Waals surface area (Å²) in [5, 5.41) is 0. The van der Waals surface area contributed by atoms with Crippen LogP contribution >= 0.6 is 0 Å². The van der Waals surface area contributed by atoms with Gasteiger partial charge >= 0.3 is 0 Å². The van der Waals surface area contributed by atoms with Crippen LogP contribution in [0.2, 0.25) is 0 Å². The van der Waals surface area contributed by atoms with E-state index in [2.05, 4.69) is 0 Å². The predicted molar refractivity (Wildman–Crippen MR) is 97.7 cm³/mol. The molecule has 1 aromatic carbocycles. The lowest BCUT2D eigenvalue weighted by Crippen LogP contribution is -2.45. The molecular weight excluding hydrogens is 324 g/mol. The first-order valence-corrected chi connectivity index (χ1v) is 10.4. The summed E-state index contributed by atoms with van der Waals surface area (Å²) < 4.78 is 25.7. The molecule has 5 nitrogen and oxygen atoms in total. The van der Waals surface area contributed by atoms with E-state index in [1.807, 2.05) is 26.0 Å². The molecule has 0 radical (unpaired) electrons. The third-order valence-corrected chi connectivity index (χ3v) is 5.94. The smallest absolute Gasteiger partial charge is 0.243 e. The second kappa shape index (κ2) is 7.55. The molecule has 1 fully saturated rings. The van der Waals surface area contributed by atoms with Crippen molar-refractivity contribution >= 4 is 21.6 Å². The molecule has 0 heterocycles. The molecule has 1 aromatic rings. The summed E-state index contributed by atoms with van der Waals surface area (Å²) in [5.74, 6) is -0.146. The predicted octanol–water partition coefficient (Wildman–Crippen LogP) is 2.86. The third kappa shape index (κ3) is 4.50. The van der Waals surface area contributed by atoms with E-state index in [0.29, 0.717) is 5.69 Å². The van der Waals surface area contributed by atoms with Gasteiger partial charge in [-0.15, -0.1) is 0 Å². The number of aryl methyl sites for hydroxylation is 2. The molecule has 134 valence electrons. The zero-order valence-electron chi connectivity index (χ0n) is 15.1. The van der Waals surface area contributed by atoms with Gasteiger partial charge in [-0.1, -0.05) is 37.0 Å². The van der Waals surface area contributed by atoms with E-state index >= 15 is 0 Å². The molecule has 0 aliphatic heterocycles. The zero-order chi connectivity index (χ0) is 17.9. The summed E-state index contributed by atoms with van der Waals surface area (Å²) >= 11 is 0. The van der Waals surface area contributed by atoms with E-state index < -0.39 is 10.0 Å². The van der Waals surface area contributed by atoms with Gasteiger partial charge in [-0.05, 0) is 38.3 Å². The first kappa shape index (κ1) is 18.8. The Morgan fingerprint density at radius 2 is 1.79 bits per heavy atom. The van der Waals surface area contributed by atoms with Crippen LogP contribution in [0.5, 0.6) is 0 Å². The fourth-order valence-electron chi connectivity index (χ4n) is 3.37. The minimum absolute atomic E-state index is 0.143. The first-order chi connectivity index (χ1) is 11.2. The van der Waals surface area contributed by atoms with Crippen molar-refractivity contribution in [1.82, 2.24) is 4.90 Å². The molecule has 0 spiro atoms. The van der Waals surface area contributed by atoms with E-state index in [0.717, 1.165) is 43.1 Å². The summed E-state index contributed by atoms with van der Waals surface area (Å²) in [6, 6.07) is 5.81. The largest absolute Gasteiger partial charge is 0.341 e. The first-order valence-electron chi connectivity index (χ1n) is 8.51. The Hall–Kier alpha value is -1.56. The van der Waals surface area contributed by atoms with Crippen LogP contribution in [0.15, 0.2) is 18.2 Å². The van der Waals surface area contributed by atoms with Gasteiger partial charge in [0.25, 0.3) is 0 Å². The van der Waals surface area contributed by atoms with Crippen molar-refractivity contribution in [1.29, 1.82) is 0 Å². The van der Waals surface area contributed by atoms with Gasteiger partial charge in [-0.3, -0.25) is 9.10 Å². The number of hydrogen-bond acceptors (Lipinski definition) is 3. The highest BCUT2D eigenvalue weighted by Crippen LogP contribution is 2.25. The number of amides is 1. The number of benzene rings is 1. The van der Waals surface area contributed by atoms with Crippen LogP contribution < -0.4 is 4.31 Å². The van der Waals surface area contributed by atoms with Gasteiger partial charge in [0.05, 0.1) is 11.9 Å². The molecule has 0 bridgehead atoms. The van der Waals surface area contributed by atoms with Crippen LogP contribution in [0.1, 0.15) is 43.2 Å². The maximum Gasteiger partial charge on any atom is 0.243 e. The summed E-state index contributed by atoms with van der Waals surface area (Å²) in [4.78, 5) is 14.4. The molecule has 6 heteroatoms. The van der Waals surface area contributed by atoms with E-state index in [4.69, 9.17) is 0 Å². The lowest BCUT2D eigenvalue weighted by molar-refractivity contribution is -0.130. The number of nitrogens with zero attached hydrogens (tertiary/aromatic N) is 2. The number of sulfonamides is 1. The zero-order valence-corrected chi connectivity index (χ0v) is 15.9. The second-order valence-corrected chi connectivity index (χ2v) is 8.76. The van der Waals surface area contributed by atoms with Crippen LogP contribution in [0.25, 0.3) is 0 Å². The van der Waals surface area contributed by atoms with Crippen molar-refractivity contribution < 1.29 is 13.2 Å². The topological polar surface area (TPSA) is 57.7 Å². The number of anilines is 1. The number of rotatable bonds is 5. The molecule has 2 rings (SSSR count). The van der Waals surface area contributed by atoms with E-state index in [-0.39, 0.29) is 18.5 Å². The van der Waals surface area contributed by atoms with Crippen molar-refractivity contribution in [3.05, 3.63) is 29.3 Å². The van der Waals surface area contributed by atoms with Crippen molar-refractivity contribution in [2.24, 2.45) is 0 Å². The standard InChI is InChI=1S/C18H28N2O3S/c1-14-10-11-17(15(2)12-14)20(24(4,22)23)13-18(21)19(3)16-8-6-5-7-9-16/h10-12,16H,5-9,13H2,1-4H3. The monoisotopic (exact) mass is 352 g/mol. The van der Waals surface area contributed by atoms with Crippen LogP contribution in [0.3, 0.4) is 0 Å². The van der Waals surface area contributed by atoms with Crippen LogP contribution in [-0.4, -0.2) is 45.1 Å². The third-order valence-electron chi connectivity index (χ3n) is 4.82. The Morgan fingerprint density at radius 3 is 2.33 bits per heavy atom. The lowest BCUT2D eigenvalue weighted by Gasteiger charge is -2.33. The van der Waals surface area contributed by atoms with Crippen molar-refractivity contribution in [2.75, 3.05) is 24.2 Å². The SMILES string of the molecule is Cc1ccc(N(CC(=O)N(C)C2CCCCC2)S(C)(=O)=O)c(C)c1. The van der Waals surface area contributed by atoms with Gasteiger partial charge in [0, 0.05) is 13.1 Å². The van der Waals surface area contributed by atoms with Gasteiger partial charge in [0.2, 0.25) is 15.9 Å². The maximum absolute atomic E-state index is 12.7. The number of carbonyl (C=O) groups excluding carboxylic acids is 1. The fraction of sp³-hybridized carbons (Fsp3) is 0.611. The molecule has 0 unspecified atom stereocenters. The van der Waals surface area contributed by atoms with Crippen LogP contribution in [0, 0.1) is 13.8 Å². The summed E-state index contributed by atoms with van der Waals surface area (Å²) in [7, 11) is -1.73. The highest BCUT2D eigenvalue weighted by Gasteiger charge is 2.27. The van der Waals surface area contributed by atoms with E-state index in [1.165, 1.54) is 10.7 Å². The molecule has 1 aliphatic rings. The van der Waals surface area contributed by atoms with Crippen molar-refractivity contribution in [3.63, 3.8) is 0 Å². The Labute approximate surface area is 145 Å². The lowest BCUT2D eigenvalue weighted by atomic mass is 9.94. The average Bonchev–Trinajstić information content (AvgIpc) is 2.52. The summed E-state index contributed by atoms with van der Waals surface area (Å²) in [6.45, 7) is 3.69. The Balaban J connectivity index is 2.21. The van der Waals surface area contributed by atoms with Gasteiger partial charge in [-0.2, -0.15) is 0 Å². The van der Waals surface area contributed by atoms with Crippen molar-refractivity contribution in [2.45, 2.75) is 52.0 Å². The molecular formula is C18H28N2O3S. The number of likely N-dealkylation sites (N-methyl/N-ethyl adjacent to an activating group) is 1. The molecule has 1 saturated carbocycles. The Bertz CT molecular complexity index is 694. The Morgan fingerprint density at radius 1 is 1.17 bits per heavy atom. The minimum Gasteiger partial charge on any atom is -0.341 e. The second-order valence-electron chi connectivity index (χ2n) is 6.86. The molecule has 24 heavy (non-hydrogen) atoms. The maximum atomic E-state index is 12.7. The van der Waals surface area contributed by atoms with Crippen molar-refractivity contribution in [3.8, 4) is 0 Å². The van der Waals surface area contributed by atoms with Crippen LogP contribution in [-0.2, 0) is 14.8 Å². The normalized spacial score (nSPS) is 16.0. The molecule has 1 amide bonds.